The molecule has 0 bridgehead atoms. The monoisotopic (exact) mass is 1120 g/mol. The molecule has 0 spiro atoms. The van der Waals surface area contributed by atoms with E-state index in [-0.39, 0.29) is 54.1 Å². The van der Waals surface area contributed by atoms with Gasteiger partial charge in [0.1, 0.15) is 0 Å². The highest BCUT2D eigenvalue weighted by atomic mass is 31.2. The fourth-order valence-corrected chi connectivity index (χ4v) is 15.8. The first kappa shape index (κ1) is 58.6. The van der Waals surface area contributed by atoms with E-state index in [4.69, 9.17) is 0 Å². The van der Waals surface area contributed by atoms with Crippen molar-refractivity contribution >= 4 is 46.3 Å². The summed E-state index contributed by atoms with van der Waals surface area (Å²) in [5.74, 6) is 0. The van der Waals surface area contributed by atoms with Crippen molar-refractivity contribution in [3.63, 3.8) is 0 Å². The minimum atomic E-state index is -5.84. The standard InChI is InChI=1S/C45H31F24P3/c1-21(71(30-13-22(38(46,47)48)9-23(14-30)39(49,50)51)31-15-24(40(52,53)54)10-25(16-31)41(55,56)57)37(70,35-8-6-5-7-34(35)36(2,3)4)72(32-17-26(42(58,59)60)11-27(18-32)43(61,62)63)33-19-28(44(64,65)66)12-29(20-33)45(67,68)69/h5-21H,70H2,1-4H3. The Morgan fingerprint density at radius 2 is 0.542 bits per heavy atom. The summed E-state index contributed by atoms with van der Waals surface area (Å²) in [6, 6.07) is 1.27. The van der Waals surface area contributed by atoms with Crippen molar-refractivity contribution in [1.29, 1.82) is 0 Å². The number of hydrogen-bond acceptors (Lipinski definition) is 0. The van der Waals surface area contributed by atoms with Crippen LogP contribution in [0.15, 0.2) is 97.1 Å². The van der Waals surface area contributed by atoms with Gasteiger partial charge in [0.2, 0.25) is 0 Å². The molecule has 394 valence electrons. The third kappa shape index (κ3) is 12.8. The van der Waals surface area contributed by atoms with Crippen LogP contribution in [0.3, 0.4) is 0 Å². The van der Waals surface area contributed by atoms with E-state index in [9.17, 15) is 105 Å². The first-order valence-corrected chi connectivity index (χ1v) is 23.2. The first-order valence-electron chi connectivity index (χ1n) is 19.8. The summed E-state index contributed by atoms with van der Waals surface area (Å²) in [7, 11) is -6.19. The molecule has 0 amide bonds. The predicted octanol–water partition coefficient (Wildman–Crippen LogP) is 16.8. The summed E-state index contributed by atoms with van der Waals surface area (Å²) in [5, 5.41) is -5.69. The minimum Gasteiger partial charge on any atom is -0.166 e. The summed E-state index contributed by atoms with van der Waals surface area (Å²) in [6.07, 6.45) is -46.7. The highest BCUT2D eigenvalue weighted by molar-refractivity contribution is 7.81. The van der Waals surface area contributed by atoms with Gasteiger partial charge < -0.3 is 0 Å². The van der Waals surface area contributed by atoms with Crippen molar-refractivity contribution in [1.82, 2.24) is 0 Å². The van der Waals surface area contributed by atoms with Crippen molar-refractivity contribution in [2.45, 2.75) is 93.1 Å². The lowest BCUT2D eigenvalue weighted by atomic mass is 9.82. The number of halogens is 24. The first-order chi connectivity index (χ1) is 32.2. The summed E-state index contributed by atoms with van der Waals surface area (Å²) in [5.41, 5.74) is -22.6. The third-order valence-electron chi connectivity index (χ3n) is 10.9. The molecule has 27 heteroatoms. The molecule has 0 radical (unpaired) electrons. The lowest BCUT2D eigenvalue weighted by Crippen LogP contribution is -2.41. The van der Waals surface area contributed by atoms with Crippen LogP contribution in [0.4, 0.5) is 105 Å². The highest BCUT2D eigenvalue weighted by Gasteiger charge is 2.52. The van der Waals surface area contributed by atoms with Gasteiger partial charge in [-0.2, -0.15) is 105 Å². The van der Waals surface area contributed by atoms with E-state index in [1.807, 2.05) is 9.24 Å². The molecule has 5 rings (SSSR count). The number of alkyl halides is 24. The molecule has 3 atom stereocenters. The molecule has 0 heterocycles. The fraction of sp³-hybridized carbons (Fsp3) is 0.333. The number of benzene rings is 5. The van der Waals surface area contributed by atoms with Gasteiger partial charge >= 0.3 is 49.4 Å². The fourth-order valence-electron chi connectivity index (χ4n) is 7.68. The Kier molecular flexibility index (Phi) is 15.6. The molecule has 3 unspecified atom stereocenters. The summed E-state index contributed by atoms with van der Waals surface area (Å²) in [4.78, 5) is -3.07. The Hall–Kier alpha value is -4.29. The molecule has 0 fully saturated rings. The van der Waals surface area contributed by atoms with Crippen LogP contribution in [-0.2, 0) is 59.7 Å². The van der Waals surface area contributed by atoms with Crippen LogP contribution in [0, 0.1) is 0 Å². The van der Waals surface area contributed by atoms with Gasteiger partial charge in [0.15, 0.2) is 0 Å². The molecule has 0 aromatic heterocycles. The second-order valence-corrected chi connectivity index (χ2v) is 23.4. The number of hydrogen-bond donors (Lipinski definition) is 0. The van der Waals surface area contributed by atoms with Crippen molar-refractivity contribution in [2.24, 2.45) is 0 Å². The maximum atomic E-state index is 14.7. The van der Waals surface area contributed by atoms with Crippen LogP contribution in [0.5, 0.6) is 0 Å². The Bertz CT molecular complexity index is 2500. The van der Waals surface area contributed by atoms with Crippen molar-refractivity contribution in [2.75, 3.05) is 0 Å². The Morgan fingerprint density at radius 1 is 0.333 bits per heavy atom. The van der Waals surface area contributed by atoms with Crippen LogP contribution >= 0.6 is 25.1 Å². The molecule has 0 nitrogen and oxygen atoms in total. The van der Waals surface area contributed by atoms with E-state index in [1.54, 1.807) is 0 Å². The second kappa shape index (κ2) is 19.1. The quantitative estimate of drug-likeness (QED) is 0.107. The molecule has 0 aliphatic rings. The van der Waals surface area contributed by atoms with E-state index >= 15 is 0 Å². The van der Waals surface area contributed by atoms with Crippen LogP contribution in [0.25, 0.3) is 0 Å². The summed E-state index contributed by atoms with van der Waals surface area (Å²) in [6.45, 7) is 4.70. The normalized spacial score (nSPS) is 15.3. The van der Waals surface area contributed by atoms with E-state index in [1.165, 1.54) is 26.8 Å². The van der Waals surface area contributed by atoms with Gasteiger partial charge in [-0.05, 0) is 126 Å². The average Bonchev–Trinajstić information content (AvgIpc) is 3.20. The largest absolute Gasteiger partial charge is 0.416 e. The van der Waals surface area contributed by atoms with Gasteiger partial charge in [0.05, 0.1) is 44.5 Å². The van der Waals surface area contributed by atoms with Crippen molar-refractivity contribution in [3.05, 3.63) is 153 Å². The summed E-state index contributed by atoms with van der Waals surface area (Å²) >= 11 is 0. The van der Waals surface area contributed by atoms with Crippen LogP contribution in [-0.4, -0.2) is 5.66 Å². The SMILES string of the molecule is CC(P(c1cc(C(F)(F)F)cc(C(F)(F)F)c1)c1cc(C(F)(F)F)cc(C(F)(F)F)c1)C(P)(c1ccccc1C(C)(C)C)P(c1cc(C(F)(F)F)cc(C(F)(F)F)c1)c1cc(C(F)(F)F)cc(C(F)(F)F)c1. The van der Waals surface area contributed by atoms with Crippen molar-refractivity contribution < 1.29 is 105 Å². The van der Waals surface area contributed by atoms with Gasteiger partial charge in [-0.3, -0.25) is 0 Å². The van der Waals surface area contributed by atoms with Gasteiger partial charge in [0, 0.05) is 10.6 Å². The molecular weight excluding hydrogens is 1090 g/mol. The highest BCUT2D eigenvalue weighted by Crippen LogP contribution is 2.69. The Morgan fingerprint density at radius 3 is 0.750 bits per heavy atom. The minimum absolute atomic E-state index is 0.125. The molecule has 0 saturated carbocycles. The zero-order valence-electron chi connectivity index (χ0n) is 36.4. The Balaban J connectivity index is 2.22. The van der Waals surface area contributed by atoms with Gasteiger partial charge in [-0.15, -0.1) is 9.24 Å². The second-order valence-electron chi connectivity index (χ2n) is 17.1. The molecule has 0 aliphatic heterocycles. The molecule has 0 aliphatic carbocycles. The molecule has 72 heavy (non-hydrogen) atoms. The average molecular weight is 1120 g/mol. The van der Waals surface area contributed by atoms with Crippen LogP contribution < -0.4 is 21.2 Å². The summed E-state index contributed by atoms with van der Waals surface area (Å²) < 4.78 is 352. The van der Waals surface area contributed by atoms with E-state index < -0.39 is 177 Å². The maximum absolute atomic E-state index is 14.7. The molecule has 5 aromatic rings. The third-order valence-corrected chi connectivity index (χ3v) is 18.7. The van der Waals surface area contributed by atoms with E-state index in [0.29, 0.717) is 6.92 Å². The molecule has 0 N–H and O–H groups in total. The molecule has 5 aromatic carbocycles. The van der Waals surface area contributed by atoms with Crippen LogP contribution in [0.1, 0.15) is 83.3 Å². The van der Waals surface area contributed by atoms with Gasteiger partial charge in [0.25, 0.3) is 0 Å². The van der Waals surface area contributed by atoms with E-state index in [2.05, 4.69) is 0 Å². The van der Waals surface area contributed by atoms with E-state index in [0.717, 1.165) is 18.2 Å². The zero-order chi connectivity index (χ0) is 55.1. The number of rotatable bonds is 8. The van der Waals surface area contributed by atoms with Gasteiger partial charge in [-0.1, -0.05) is 52.0 Å². The zero-order valence-corrected chi connectivity index (χ0v) is 39.3. The topological polar surface area (TPSA) is 0 Å². The molecular formula is C45H31F24P3. The lowest BCUT2D eigenvalue weighted by Gasteiger charge is -2.49. The Labute approximate surface area is 396 Å². The maximum Gasteiger partial charge on any atom is 0.416 e. The molecule has 0 saturated heterocycles. The smallest absolute Gasteiger partial charge is 0.166 e. The lowest BCUT2D eigenvalue weighted by molar-refractivity contribution is -0.144. The van der Waals surface area contributed by atoms with Gasteiger partial charge in [-0.25, -0.2) is 0 Å². The predicted molar refractivity (Wildman–Crippen MR) is 224 cm³/mol. The van der Waals surface area contributed by atoms with Crippen LogP contribution in [0.2, 0.25) is 0 Å². The van der Waals surface area contributed by atoms with Crippen molar-refractivity contribution in [3.8, 4) is 0 Å².